The highest BCUT2D eigenvalue weighted by atomic mass is 35.8. The van der Waals surface area contributed by atoms with Gasteiger partial charge in [-0.3, -0.25) is 0 Å². The second-order valence-electron chi connectivity index (χ2n) is 1.74. The van der Waals surface area contributed by atoms with Crippen LogP contribution in [0.2, 0.25) is 0 Å². The lowest BCUT2D eigenvalue weighted by atomic mass is 10.5. The summed E-state index contributed by atoms with van der Waals surface area (Å²) in [5.41, 5.74) is 0. The van der Waals surface area contributed by atoms with Gasteiger partial charge in [0, 0.05) is 0 Å². The Morgan fingerprint density at radius 2 is 2.00 bits per heavy atom. The summed E-state index contributed by atoms with van der Waals surface area (Å²) < 4.78 is 8.90. The van der Waals surface area contributed by atoms with Gasteiger partial charge in [-0.05, 0) is 6.92 Å². The maximum atomic E-state index is 10.0. The van der Waals surface area contributed by atoms with E-state index < -0.39 is 17.5 Å². The molecule has 64 valence electrons. The molecule has 0 amide bonds. The van der Waals surface area contributed by atoms with Gasteiger partial charge >= 0.3 is 17.5 Å². The minimum atomic E-state index is -1.72. The second kappa shape index (κ2) is 6.22. The first kappa shape index (κ1) is 11.7. The number of carbonyl (C=O) groups is 1. The SMILES string of the molecule is CC1COC(=O)O1.[Cl][Al]([Cl])[Cl]. The molecule has 0 spiro atoms. The van der Waals surface area contributed by atoms with E-state index in [1.807, 2.05) is 0 Å². The fraction of sp³-hybridized carbons (Fsp3) is 0.750. The quantitative estimate of drug-likeness (QED) is 0.477. The molecule has 1 fully saturated rings. The number of cyclic esters (lactones) is 2. The lowest BCUT2D eigenvalue weighted by Gasteiger charge is -1.90. The van der Waals surface area contributed by atoms with Crippen LogP contribution in [0, 0.1) is 0 Å². The Kier molecular flexibility index (Phi) is 6.60. The Hall–Kier alpha value is 0.672. The third-order valence-electron chi connectivity index (χ3n) is 0.733. The molecule has 0 N–H and O–H groups in total. The summed E-state index contributed by atoms with van der Waals surface area (Å²) in [7, 11) is 14.8. The van der Waals surface area contributed by atoms with Crippen LogP contribution in [0.3, 0.4) is 0 Å². The monoisotopic (exact) mass is 234 g/mol. The summed E-state index contributed by atoms with van der Waals surface area (Å²) in [5, 5.41) is 0. The van der Waals surface area contributed by atoms with Crippen molar-refractivity contribution in [3.8, 4) is 0 Å². The molecule has 1 aliphatic heterocycles. The van der Waals surface area contributed by atoms with E-state index >= 15 is 0 Å². The van der Waals surface area contributed by atoms with E-state index in [2.05, 4.69) is 9.47 Å². The maximum Gasteiger partial charge on any atom is 0.643 e. The second-order valence-corrected chi connectivity index (χ2v) is 8.17. The molecule has 1 unspecified atom stereocenters. The topological polar surface area (TPSA) is 35.5 Å². The first-order valence-electron chi connectivity index (χ1n) is 2.78. The molecule has 1 heterocycles. The lowest BCUT2D eigenvalue weighted by molar-refractivity contribution is 0.121. The number of carbonyl (C=O) groups excluding carboxylic acids is 1. The van der Waals surface area contributed by atoms with E-state index in [4.69, 9.17) is 30.1 Å². The van der Waals surface area contributed by atoms with Crippen LogP contribution in [0.15, 0.2) is 0 Å². The Labute approximate surface area is 81.5 Å². The number of hydrogen-bond acceptors (Lipinski definition) is 3. The predicted molar refractivity (Wildman–Crippen MR) is 45.2 cm³/mol. The third kappa shape index (κ3) is 8.58. The smallest absolute Gasteiger partial charge is 0.430 e. The zero-order valence-corrected chi connectivity index (χ0v) is 9.14. The van der Waals surface area contributed by atoms with Gasteiger partial charge in [-0.2, -0.15) is 0 Å². The highest BCUT2D eigenvalue weighted by Crippen LogP contribution is 2.02. The molecule has 1 aliphatic rings. The minimum Gasteiger partial charge on any atom is -0.430 e. The van der Waals surface area contributed by atoms with Gasteiger partial charge in [0.25, 0.3) is 0 Å². The van der Waals surface area contributed by atoms with Crippen LogP contribution in [0.1, 0.15) is 6.92 Å². The fourth-order valence-electron chi connectivity index (χ4n) is 0.418. The Balaban J connectivity index is 0.000000218. The molecule has 0 aromatic heterocycles. The molecule has 0 aromatic carbocycles. The van der Waals surface area contributed by atoms with Crippen LogP contribution < -0.4 is 0 Å². The first-order chi connectivity index (χ1) is 5.02. The molecule has 0 bridgehead atoms. The maximum absolute atomic E-state index is 10.0. The van der Waals surface area contributed by atoms with E-state index in [1.54, 1.807) is 6.92 Å². The zero-order chi connectivity index (χ0) is 8.85. The summed E-state index contributed by atoms with van der Waals surface area (Å²) >= 11 is -1.72. The van der Waals surface area contributed by atoms with Crippen molar-refractivity contribution >= 4 is 47.7 Å². The minimum absolute atomic E-state index is 0.0486. The van der Waals surface area contributed by atoms with Crippen molar-refractivity contribution < 1.29 is 14.3 Å². The average Bonchev–Trinajstić information content (AvgIpc) is 2.13. The summed E-state index contributed by atoms with van der Waals surface area (Å²) in [6.45, 7) is 2.18. The van der Waals surface area contributed by atoms with Gasteiger partial charge in [-0.1, -0.05) is 0 Å². The lowest BCUT2D eigenvalue weighted by Crippen LogP contribution is -2.01. The highest BCUT2D eigenvalue weighted by molar-refractivity contribution is 7.54. The largest absolute Gasteiger partial charge is 0.643 e. The van der Waals surface area contributed by atoms with Crippen molar-refractivity contribution in [2.45, 2.75) is 13.0 Å². The predicted octanol–water partition coefficient (Wildman–Crippen LogP) is 2.23. The number of halogens is 3. The van der Waals surface area contributed by atoms with E-state index in [0.29, 0.717) is 6.61 Å². The molecule has 1 atom stereocenters. The number of ether oxygens (including phenoxy) is 2. The molecule has 1 rings (SSSR count). The molecule has 0 aromatic rings. The summed E-state index contributed by atoms with van der Waals surface area (Å²) in [4.78, 5) is 10.0. The van der Waals surface area contributed by atoms with Gasteiger partial charge < -0.3 is 9.47 Å². The molecular formula is C4H6AlCl3O3. The third-order valence-corrected chi connectivity index (χ3v) is 0.733. The molecule has 11 heavy (non-hydrogen) atoms. The van der Waals surface area contributed by atoms with Crippen LogP contribution in [0.5, 0.6) is 0 Å². The van der Waals surface area contributed by atoms with Crippen LogP contribution in [0.4, 0.5) is 4.79 Å². The first-order valence-corrected chi connectivity index (χ1v) is 8.01. The zero-order valence-electron chi connectivity index (χ0n) is 5.72. The Morgan fingerprint density at radius 3 is 2.09 bits per heavy atom. The van der Waals surface area contributed by atoms with Crippen molar-refractivity contribution in [3.63, 3.8) is 0 Å². The van der Waals surface area contributed by atoms with Crippen molar-refractivity contribution in [1.29, 1.82) is 0 Å². The summed E-state index contributed by atoms with van der Waals surface area (Å²) in [6.07, 6.45) is -0.597. The van der Waals surface area contributed by atoms with E-state index in [-0.39, 0.29) is 6.10 Å². The van der Waals surface area contributed by atoms with Crippen LogP contribution in [0.25, 0.3) is 0 Å². The van der Waals surface area contributed by atoms with Crippen LogP contribution >= 0.6 is 30.1 Å². The number of hydrogen-bond donors (Lipinski definition) is 0. The van der Waals surface area contributed by atoms with Gasteiger partial charge in [0.2, 0.25) is 0 Å². The van der Waals surface area contributed by atoms with Crippen molar-refractivity contribution in [3.05, 3.63) is 0 Å². The molecule has 0 saturated carbocycles. The Bertz CT molecular complexity index is 129. The van der Waals surface area contributed by atoms with Gasteiger partial charge in [0.1, 0.15) is 12.7 Å². The van der Waals surface area contributed by atoms with Crippen molar-refractivity contribution in [2.75, 3.05) is 6.61 Å². The summed E-state index contributed by atoms with van der Waals surface area (Å²) in [6, 6.07) is 0. The van der Waals surface area contributed by atoms with Gasteiger partial charge in [0.15, 0.2) is 0 Å². The van der Waals surface area contributed by atoms with E-state index in [0.717, 1.165) is 0 Å². The molecule has 3 nitrogen and oxygen atoms in total. The Morgan fingerprint density at radius 1 is 1.55 bits per heavy atom. The molecule has 0 aliphatic carbocycles. The van der Waals surface area contributed by atoms with Crippen LogP contribution in [-0.2, 0) is 9.47 Å². The molecule has 0 radical (unpaired) electrons. The summed E-state index contributed by atoms with van der Waals surface area (Å²) in [5.74, 6) is 0. The highest BCUT2D eigenvalue weighted by Gasteiger charge is 2.19. The number of rotatable bonds is 0. The average molecular weight is 235 g/mol. The van der Waals surface area contributed by atoms with Gasteiger partial charge in [0.05, 0.1) is 0 Å². The van der Waals surface area contributed by atoms with E-state index in [9.17, 15) is 4.79 Å². The van der Waals surface area contributed by atoms with Gasteiger partial charge in [-0.15, -0.1) is 0 Å². The van der Waals surface area contributed by atoms with E-state index in [1.165, 1.54) is 0 Å². The molecular weight excluding hydrogens is 229 g/mol. The van der Waals surface area contributed by atoms with Gasteiger partial charge in [-0.25, -0.2) is 34.9 Å². The normalized spacial score (nSPS) is 21.1. The van der Waals surface area contributed by atoms with Crippen molar-refractivity contribution in [1.82, 2.24) is 0 Å². The molecule has 7 heteroatoms. The van der Waals surface area contributed by atoms with Crippen molar-refractivity contribution in [2.24, 2.45) is 0 Å². The fourth-order valence-corrected chi connectivity index (χ4v) is 0.418. The molecule has 1 saturated heterocycles. The standard InChI is InChI=1S/C4H6O3.Al.3ClH/c1-3-2-6-4(5)7-3;;;;/h3H,2H2,1H3;;3*1H/q;+3;;;/p-3. The van der Waals surface area contributed by atoms with Crippen LogP contribution in [-0.4, -0.2) is 30.3 Å².